The van der Waals surface area contributed by atoms with Gasteiger partial charge in [0.05, 0.1) is 5.02 Å². The molecule has 2 aliphatic rings. The fourth-order valence-electron chi connectivity index (χ4n) is 3.48. The zero-order valence-corrected chi connectivity index (χ0v) is 12.6. The second-order valence-corrected chi connectivity index (χ2v) is 6.41. The molecule has 3 rings (SSSR count). The number of rotatable bonds is 3. The van der Waals surface area contributed by atoms with Gasteiger partial charge in [-0.1, -0.05) is 36.6 Å². The summed E-state index contributed by atoms with van der Waals surface area (Å²) in [6, 6.07) is 6.44. The molecule has 1 heterocycles. The molecule has 2 fully saturated rings. The van der Waals surface area contributed by atoms with E-state index in [0.717, 1.165) is 44.3 Å². The highest BCUT2D eigenvalue weighted by molar-refractivity contribution is 6.32. The van der Waals surface area contributed by atoms with Gasteiger partial charge in [-0.25, -0.2) is 0 Å². The Bertz CT molecular complexity index is 452. The second-order valence-electron chi connectivity index (χ2n) is 6.00. The third-order valence-corrected chi connectivity index (χ3v) is 5.02. The molecule has 20 heavy (non-hydrogen) atoms. The van der Waals surface area contributed by atoms with Crippen molar-refractivity contribution in [3.63, 3.8) is 0 Å². The first-order valence-corrected chi connectivity index (χ1v) is 8.04. The molecule has 1 aromatic rings. The number of para-hydroxylation sites is 1. The molecule has 1 saturated carbocycles. The van der Waals surface area contributed by atoms with Gasteiger partial charge in [0, 0.05) is 44.3 Å². The second kappa shape index (κ2) is 6.33. The van der Waals surface area contributed by atoms with Crippen molar-refractivity contribution in [3.05, 3.63) is 28.8 Å². The van der Waals surface area contributed by atoms with Crippen molar-refractivity contribution in [2.75, 3.05) is 26.2 Å². The van der Waals surface area contributed by atoms with Crippen LogP contribution in [-0.2, 0) is 6.54 Å². The third kappa shape index (κ3) is 3.11. The highest BCUT2D eigenvalue weighted by Crippen LogP contribution is 2.29. The van der Waals surface area contributed by atoms with E-state index in [1.54, 1.807) is 6.07 Å². The van der Waals surface area contributed by atoms with Gasteiger partial charge >= 0.3 is 0 Å². The molecule has 1 N–H and O–H groups in total. The van der Waals surface area contributed by atoms with Crippen LogP contribution in [-0.4, -0.2) is 47.1 Å². The maximum Gasteiger partial charge on any atom is 0.138 e. The first kappa shape index (κ1) is 14.2. The number of benzene rings is 1. The van der Waals surface area contributed by atoms with E-state index in [0.29, 0.717) is 5.02 Å². The topological polar surface area (TPSA) is 26.7 Å². The van der Waals surface area contributed by atoms with Gasteiger partial charge in [-0.3, -0.25) is 9.80 Å². The van der Waals surface area contributed by atoms with E-state index in [1.807, 2.05) is 12.1 Å². The zero-order valence-electron chi connectivity index (χ0n) is 11.9. The molecule has 0 atom stereocenters. The Kier molecular flexibility index (Phi) is 4.49. The molecule has 1 saturated heterocycles. The number of aromatic hydroxyl groups is 1. The Hall–Kier alpha value is -0.770. The molecule has 4 heteroatoms. The maximum absolute atomic E-state index is 9.98. The number of hydrogen-bond acceptors (Lipinski definition) is 3. The predicted molar refractivity (Wildman–Crippen MR) is 82.2 cm³/mol. The number of hydrogen-bond donors (Lipinski definition) is 1. The number of phenolic OH excluding ortho intramolecular Hbond substituents is 1. The molecule has 110 valence electrons. The van der Waals surface area contributed by atoms with Gasteiger partial charge in [0.1, 0.15) is 5.75 Å². The van der Waals surface area contributed by atoms with Crippen molar-refractivity contribution in [1.82, 2.24) is 9.80 Å². The van der Waals surface area contributed by atoms with Crippen molar-refractivity contribution in [2.24, 2.45) is 0 Å². The van der Waals surface area contributed by atoms with E-state index in [9.17, 15) is 5.11 Å². The molecule has 0 bridgehead atoms. The highest BCUT2D eigenvalue weighted by Gasteiger charge is 2.26. The number of phenols is 1. The van der Waals surface area contributed by atoms with Crippen LogP contribution in [0, 0.1) is 0 Å². The molecular weight excluding hydrogens is 272 g/mol. The van der Waals surface area contributed by atoms with E-state index in [4.69, 9.17) is 11.6 Å². The number of halogens is 1. The molecule has 1 aromatic carbocycles. The maximum atomic E-state index is 9.98. The van der Waals surface area contributed by atoms with E-state index >= 15 is 0 Å². The average molecular weight is 295 g/mol. The first-order valence-electron chi connectivity index (χ1n) is 7.67. The Morgan fingerprint density at radius 1 is 1.10 bits per heavy atom. The van der Waals surface area contributed by atoms with Crippen LogP contribution in [0.5, 0.6) is 5.75 Å². The minimum atomic E-state index is 0.243. The standard InChI is InChI=1S/C16H23ClN2O/c17-15-7-3-4-13(16(15)20)12-18-8-10-19(11-9-18)14-5-1-2-6-14/h3-4,7,14,20H,1-2,5-6,8-12H2. The quantitative estimate of drug-likeness (QED) is 0.928. The Balaban J connectivity index is 1.54. The number of nitrogens with zero attached hydrogens (tertiary/aromatic N) is 2. The summed E-state index contributed by atoms with van der Waals surface area (Å²) in [5.74, 6) is 0.243. The van der Waals surface area contributed by atoms with Crippen LogP contribution < -0.4 is 0 Å². The SMILES string of the molecule is Oc1c(Cl)cccc1CN1CCN(C2CCCC2)CC1. The first-order chi connectivity index (χ1) is 9.74. The van der Waals surface area contributed by atoms with Gasteiger partial charge in [0.2, 0.25) is 0 Å². The van der Waals surface area contributed by atoms with Crippen molar-refractivity contribution in [1.29, 1.82) is 0 Å². The molecule has 3 nitrogen and oxygen atoms in total. The van der Waals surface area contributed by atoms with Gasteiger partial charge in [-0.05, 0) is 18.9 Å². The lowest BCUT2D eigenvalue weighted by Gasteiger charge is -2.38. The minimum absolute atomic E-state index is 0.243. The summed E-state index contributed by atoms with van der Waals surface area (Å²) in [6.45, 7) is 5.29. The minimum Gasteiger partial charge on any atom is -0.506 e. The van der Waals surface area contributed by atoms with Gasteiger partial charge in [-0.15, -0.1) is 0 Å². The van der Waals surface area contributed by atoms with Crippen LogP contribution in [0.25, 0.3) is 0 Å². The predicted octanol–water partition coefficient (Wildman–Crippen LogP) is 3.11. The Morgan fingerprint density at radius 2 is 1.80 bits per heavy atom. The highest BCUT2D eigenvalue weighted by atomic mass is 35.5. The van der Waals surface area contributed by atoms with Crippen LogP contribution >= 0.6 is 11.6 Å². The fourth-order valence-corrected chi connectivity index (χ4v) is 3.68. The van der Waals surface area contributed by atoms with Crippen molar-refractivity contribution in [3.8, 4) is 5.75 Å². The Labute approximate surface area is 126 Å². The van der Waals surface area contributed by atoms with Gasteiger partial charge in [0.15, 0.2) is 0 Å². The van der Waals surface area contributed by atoms with Crippen LogP contribution in [0.2, 0.25) is 5.02 Å². The lowest BCUT2D eigenvalue weighted by atomic mass is 10.1. The molecule has 0 amide bonds. The monoisotopic (exact) mass is 294 g/mol. The molecule has 0 spiro atoms. The normalized spacial score (nSPS) is 22.4. The van der Waals surface area contributed by atoms with Gasteiger partial charge in [0.25, 0.3) is 0 Å². The molecular formula is C16H23ClN2O. The van der Waals surface area contributed by atoms with E-state index < -0.39 is 0 Å². The van der Waals surface area contributed by atoms with E-state index in [1.165, 1.54) is 25.7 Å². The lowest BCUT2D eigenvalue weighted by molar-refractivity contribution is 0.0932. The van der Waals surface area contributed by atoms with Crippen LogP contribution in [0.15, 0.2) is 18.2 Å². The summed E-state index contributed by atoms with van der Waals surface area (Å²) in [6.07, 6.45) is 5.58. The van der Waals surface area contributed by atoms with Crippen molar-refractivity contribution >= 4 is 11.6 Å². The molecule has 0 radical (unpaired) electrons. The average Bonchev–Trinajstić information content (AvgIpc) is 2.99. The number of piperazine rings is 1. The Morgan fingerprint density at radius 3 is 2.50 bits per heavy atom. The molecule has 1 aliphatic heterocycles. The molecule has 1 aliphatic carbocycles. The van der Waals surface area contributed by atoms with Crippen LogP contribution in [0.4, 0.5) is 0 Å². The van der Waals surface area contributed by atoms with Crippen LogP contribution in [0.1, 0.15) is 31.2 Å². The molecule has 0 unspecified atom stereocenters. The summed E-state index contributed by atoms with van der Waals surface area (Å²) in [5, 5.41) is 10.4. The summed E-state index contributed by atoms with van der Waals surface area (Å²) in [5.41, 5.74) is 0.937. The third-order valence-electron chi connectivity index (χ3n) is 4.71. The largest absolute Gasteiger partial charge is 0.506 e. The van der Waals surface area contributed by atoms with Crippen molar-refractivity contribution < 1.29 is 5.11 Å². The van der Waals surface area contributed by atoms with Crippen molar-refractivity contribution in [2.45, 2.75) is 38.3 Å². The summed E-state index contributed by atoms with van der Waals surface area (Å²) < 4.78 is 0. The summed E-state index contributed by atoms with van der Waals surface area (Å²) in [4.78, 5) is 5.07. The van der Waals surface area contributed by atoms with Gasteiger partial charge < -0.3 is 5.11 Å². The van der Waals surface area contributed by atoms with E-state index in [2.05, 4.69) is 9.80 Å². The molecule has 0 aromatic heterocycles. The van der Waals surface area contributed by atoms with Gasteiger partial charge in [-0.2, -0.15) is 0 Å². The smallest absolute Gasteiger partial charge is 0.138 e. The summed E-state index contributed by atoms with van der Waals surface area (Å²) in [7, 11) is 0. The lowest BCUT2D eigenvalue weighted by Crippen LogP contribution is -2.49. The fraction of sp³-hybridized carbons (Fsp3) is 0.625. The van der Waals surface area contributed by atoms with E-state index in [-0.39, 0.29) is 5.75 Å². The zero-order chi connectivity index (χ0) is 13.9. The van der Waals surface area contributed by atoms with Crippen LogP contribution in [0.3, 0.4) is 0 Å². The summed E-state index contributed by atoms with van der Waals surface area (Å²) >= 11 is 5.96.